The molecular weight excluding hydrogens is 715 g/mol. The predicted molar refractivity (Wildman–Crippen MR) is 166 cm³/mol. The van der Waals surface area contributed by atoms with E-state index in [1.165, 1.54) is 0 Å². The first-order valence-electron chi connectivity index (χ1n) is 16.3. The molecular formula is C36H35F9O5S. The van der Waals surface area contributed by atoms with Crippen LogP contribution in [-0.2, 0) is 36.3 Å². The van der Waals surface area contributed by atoms with Crippen molar-refractivity contribution in [1.82, 2.24) is 0 Å². The number of sulfone groups is 1. The number of benzene rings is 3. The quantitative estimate of drug-likeness (QED) is 0.165. The van der Waals surface area contributed by atoms with Gasteiger partial charge in [-0.05, 0) is 99.2 Å². The van der Waals surface area contributed by atoms with Gasteiger partial charge in [0.05, 0.1) is 17.6 Å². The Morgan fingerprint density at radius 2 is 1.29 bits per heavy atom. The van der Waals surface area contributed by atoms with E-state index in [9.17, 15) is 57.8 Å². The number of carbonyl (C=O) groups is 1. The number of Topliss-reactive ketones (excluding diaryl/α,β-unsaturated/α-hetero) is 1. The predicted octanol–water partition coefficient (Wildman–Crippen LogP) is 9.01. The Morgan fingerprint density at radius 1 is 0.765 bits per heavy atom. The van der Waals surface area contributed by atoms with E-state index in [-0.39, 0.29) is 60.2 Å². The van der Waals surface area contributed by atoms with Gasteiger partial charge in [-0.15, -0.1) is 0 Å². The van der Waals surface area contributed by atoms with Gasteiger partial charge in [0.1, 0.15) is 28.0 Å². The Bertz CT molecular complexity index is 1760. The molecule has 2 aliphatic rings. The topological polar surface area (TPSA) is 80.7 Å². The first-order chi connectivity index (χ1) is 23.8. The van der Waals surface area contributed by atoms with Crippen molar-refractivity contribution in [1.29, 1.82) is 0 Å². The van der Waals surface area contributed by atoms with E-state index in [2.05, 4.69) is 4.74 Å². The molecule has 0 spiro atoms. The second-order valence-corrected chi connectivity index (χ2v) is 15.6. The molecule has 0 saturated heterocycles. The second-order valence-electron chi connectivity index (χ2n) is 13.3. The highest BCUT2D eigenvalue weighted by molar-refractivity contribution is 7.92. The summed E-state index contributed by atoms with van der Waals surface area (Å²) < 4.78 is 161. The number of ether oxygens (including phenoxy) is 1. The van der Waals surface area contributed by atoms with Gasteiger partial charge in [-0.1, -0.05) is 30.3 Å². The van der Waals surface area contributed by atoms with Crippen LogP contribution in [0.4, 0.5) is 39.5 Å². The number of rotatable bonds is 10. The maximum atomic E-state index is 14.5. The highest BCUT2D eigenvalue weighted by Gasteiger charge is 2.73. The summed E-state index contributed by atoms with van der Waals surface area (Å²) in [7, 11) is -4.47. The molecule has 5 rings (SSSR count). The van der Waals surface area contributed by atoms with Gasteiger partial charge in [0.2, 0.25) is 0 Å². The molecule has 0 radical (unpaired) electrons. The summed E-state index contributed by atoms with van der Waals surface area (Å²) in [6.45, 7) is -1.75. The minimum Gasteiger partial charge on any atom is -0.393 e. The van der Waals surface area contributed by atoms with Gasteiger partial charge >= 0.3 is 12.4 Å². The van der Waals surface area contributed by atoms with Gasteiger partial charge in [-0.25, -0.2) is 21.6 Å². The third-order valence-corrected chi connectivity index (χ3v) is 12.9. The maximum absolute atomic E-state index is 14.5. The second kappa shape index (κ2) is 14.5. The molecule has 0 bridgehead atoms. The van der Waals surface area contributed by atoms with E-state index in [1.54, 1.807) is 0 Å². The van der Waals surface area contributed by atoms with Crippen LogP contribution in [0.1, 0.15) is 74.5 Å². The van der Waals surface area contributed by atoms with Crippen LogP contribution < -0.4 is 0 Å². The molecule has 3 aromatic carbocycles. The van der Waals surface area contributed by atoms with Crippen LogP contribution in [-0.4, -0.2) is 37.8 Å². The molecule has 2 fully saturated rings. The summed E-state index contributed by atoms with van der Waals surface area (Å²) in [5.41, 5.74) is -7.87. The largest absolute Gasteiger partial charge is 0.430 e. The van der Waals surface area contributed by atoms with Crippen molar-refractivity contribution >= 4 is 15.6 Å². The van der Waals surface area contributed by atoms with Crippen molar-refractivity contribution in [3.63, 3.8) is 0 Å². The molecule has 5 nitrogen and oxygen atoms in total. The summed E-state index contributed by atoms with van der Waals surface area (Å²) in [6, 6.07) is 8.53. The molecule has 0 atom stereocenters. The number of ketones is 1. The zero-order chi connectivity index (χ0) is 37.4. The third kappa shape index (κ3) is 7.43. The molecule has 0 aromatic heterocycles. The summed E-state index contributed by atoms with van der Waals surface area (Å²) >= 11 is 0. The SMILES string of the molecule is O=C(CC1CCC(c2ccc(C(OCc3c(F)cccc3F)(C(F)(F)F)C(F)(F)F)cc2)(S(=O)(=O)c2ccc(F)cc2)CC1)C1CCC(O)CC1. The molecule has 51 heavy (non-hydrogen) atoms. The Morgan fingerprint density at radius 3 is 1.80 bits per heavy atom. The molecule has 0 unspecified atom stereocenters. The van der Waals surface area contributed by atoms with Crippen molar-refractivity contribution in [2.24, 2.45) is 11.8 Å². The van der Waals surface area contributed by atoms with Crippen molar-refractivity contribution in [3.05, 3.63) is 101 Å². The van der Waals surface area contributed by atoms with Crippen LogP contribution in [0.5, 0.6) is 0 Å². The van der Waals surface area contributed by atoms with Gasteiger partial charge in [0.15, 0.2) is 9.84 Å². The molecule has 0 amide bonds. The lowest BCUT2D eigenvalue weighted by Crippen LogP contribution is -2.56. The fourth-order valence-electron chi connectivity index (χ4n) is 7.34. The zero-order valence-corrected chi connectivity index (χ0v) is 27.9. The molecule has 15 heteroatoms. The van der Waals surface area contributed by atoms with Crippen LogP contribution in [0.3, 0.4) is 0 Å². The number of halogens is 9. The molecule has 0 aliphatic heterocycles. The number of alkyl halides is 6. The smallest absolute Gasteiger partial charge is 0.393 e. The monoisotopic (exact) mass is 750 g/mol. The summed E-state index contributed by atoms with van der Waals surface area (Å²) in [6.07, 6.45) is -10.6. The number of aliphatic hydroxyl groups is 1. The third-order valence-electron chi connectivity index (χ3n) is 10.3. The Labute approximate surface area is 288 Å². The van der Waals surface area contributed by atoms with Crippen molar-refractivity contribution in [2.75, 3.05) is 0 Å². The van der Waals surface area contributed by atoms with E-state index < -0.39 is 73.8 Å². The Hall–Kier alpha value is -3.43. The van der Waals surface area contributed by atoms with Crippen molar-refractivity contribution in [2.45, 2.75) is 98.1 Å². The van der Waals surface area contributed by atoms with E-state index in [0.29, 0.717) is 49.9 Å². The Balaban J connectivity index is 1.51. The molecule has 2 aliphatic carbocycles. The molecule has 0 heterocycles. The number of carbonyl (C=O) groups excluding carboxylic acids is 1. The average molecular weight is 751 g/mol. The molecule has 3 aromatic rings. The number of hydrogen-bond donors (Lipinski definition) is 1. The Kier molecular flexibility index (Phi) is 11.1. The van der Waals surface area contributed by atoms with Crippen LogP contribution in [0, 0.1) is 29.3 Å². The number of hydrogen-bond acceptors (Lipinski definition) is 5. The fraction of sp³-hybridized carbons (Fsp3) is 0.472. The first kappa shape index (κ1) is 38.8. The maximum Gasteiger partial charge on any atom is 0.430 e. The molecule has 1 N–H and O–H groups in total. The summed E-state index contributed by atoms with van der Waals surface area (Å²) in [5, 5.41) is 9.78. The lowest BCUT2D eigenvalue weighted by molar-refractivity contribution is -0.392. The van der Waals surface area contributed by atoms with Gasteiger partial charge in [0.25, 0.3) is 5.60 Å². The summed E-state index contributed by atoms with van der Waals surface area (Å²) in [4.78, 5) is 12.7. The molecule has 2 saturated carbocycles. The highest BCUT2D eigenvalue weighted by atomic mass is 32.2. The zero-order valence-electron chi connectivity index (χ0n) is 27.0. The van der Waals surface area contributed by atoms with Crippen LogP contribution in [0.2, 0.25) is 0 Å². The van der Waals surface area contributed by atoms with E-state index in [1.807, 2.05) is 0 Å². The van der Waals surface area contributed by atoms with Crippen LogP contribution in [0.15, 0.2) is 71.6 Å². The van der Waals surface area contributed by atoms with Gasteiger partial charge in [-0.2, -0.15) is 26.3 Å². The fourth-order valence-corrected chi connectivity index (χ4v) is 9.51. The van der Waals surface area contributed by atoms with Crippen molar-refractivity contribution in [3.8, 4) is 0 Å². The normalized spacial score (nSPS) is 23.6. The first-order valence-corrected chi connectivity index (χ1v) is 17.8. The highest BCUT2D eigenvalue weighted by Crippen LogP contribution is 2.55. The number of aliphatic hydroxyl groups excluding tert-OH is 1. The minimum absolute atomic E-state index is 0.0175. The minimum atomic E-state index is -6.20. The van der Waals surface area contributed by atoms with Crippen LogP contribution >= 0.6 is 0 Å². The van der Waals surface area contributed by atoms with Gasteiger partial charge in [0, 0.05) is 23.5 Å². The average Bonchev–Trinajstić information content (AvgIpc) is 3.06. The van der Waals surface area contributed by atoms with E-state index >= 15 is 0 Å². The lowest BCUT2D eigenvalue weighted by atomic mass is 9.74. The standard InChI is InChI=1S/C36H35F9O5S/c37-26-10-14-28(15-11-26)51(48,49)33(18-16-22(17-19-33)20-32(47)23-4-12-27(46)13-5-23)24-6-8-25(9-7-24)34(35(40,41)42,36(43,44)45)50-21-29-30(38)2-1-3-31(29)39/h1-3,6-11,14-15,22-23,27,46H,4-5,12-13,16-21H2. The summed E-state index contributed by atoms with van der Waals surface area (Å²) in [5.74, 6) is -4.10. The van der Waals surface area contributed by atoms with E-state index in [0.717, 1.165) is 42.5 Å². The van der Waals surface area contributed by atoms with Gasteiger partial charge < -0.3 is 9.84 Å². The van der Waals surface area contributed by atoms with E-state index in [4.69, 9.17) is 0 Å². The van der Waals surface area contributed by atoms with Crippen molar-refractivity contribution < 1.29 is 62.6 Å². The lowest BCUT2D eigenvalue weighted by Gasteiger charge is -2.41. The molecule has 278 valence electrons. The van der Waals surface area contributed by atoms with Crippen LogP contribution in [0.25, 0.3) is 0 Å². The van der Waals surface area contributed by atoms with Gasteiger partial charge in [-0.3, -0.25) is 4.79 Å².